The number of hydrogen-bond acceptors (Lipinski definition) is 5. The lowest BCUT2D eigenvalue weighted by Crippen LogP contribution is -2.43. The molecule has 2 heterocycles. The van der Waals surface area contributed by atoms with Gasteiger partial charge in [0.05, 0.1) is 17.2 Å². The maximum absolute atomic E-state index is 13.4. The molecule has 0 radical (unpaired) electrons. The fraction of sp³-hybridized carbons (Fsp3) is 0.353. The van der Waals surface area contributed by atoms with Crippen LogP contribution in [0.2, 0.25) is 0 Å². The van der Waals surface area contributed by atoms with Gasteiger partial charge in [-0.2, -0.15) is 18.4 Å². The number of benzene rings is 1. The molecule has 1 unspecified atom stereocenters. The van der Waals surface area contributed by atoms with E-state index in [4.69, 9.17) is 5.26 Å². The van der Waals surface area contributed by atoms with Gasteiger partial charge in [0.15, 0.2) is 0 Å². The summed E-state index contributed by atoms with van der Waals surface area (Å²) in [5.74, 6) is 0.463. The highest BCUT2D eigenvalue weighted by atomic mass is 19.4. The minimum Gasteiger partial charge on any atom is -0.369 e. The Morgan fingerprint density at radius 1 is 1.24 bits per heavy atom. The van der Waals surface area contributed by atoms with Crippen molar-refractivity contribution in [3.05, 3.63) is 47.8 Å². The lowest BCUT2D eigenvalue weighted by molar-refractivity contribution is -0.137. The van der Waals surface area contributed by atoms with Crippen LogP contribution in [0.4, 0.5) is 24.8 Å². The summed E-state index contributed by atoms with van der Waals surface area (Å²) in [4.78, 5) is 9.89. The molecule has 0 bridgehead atoms. The Balaban J connectivity index is 1.83. The second-order valence-corrected chi connectivity index (χ2v) is 5.84. The van der Waals surface area contributed by atoms with Crippen LogP contribution in [-0.4, -0.2) is 29.1 Å². The second-order valence-electron chi connectivity index (χ2n) is 5.84. The lowest BCUT2D eigenvalue weighted by Gasteiger charge is -2.36. The first-order valence-electron chi connectivity index (χ1n) is 7.87. The standard InChI is InChI=1S/C17H16F3N5/c18-17(19,20)14-9-12(10-21)4-5-15(14)25-8-1-3-13(11-25)24-16-22-6-2-7-23-16/h2,4-7,9,13H,1,3,8,11H2,(H,22,23,24). The van der Waals surface area contributed by atoms with Crippen molar-refractivity contribution in [1.29, 1.82) is 5.26 Å². The highest BCUT2D eigenvalue weighted by molar-refractivity contribution is 5.58. The molecule has 1 atom stereocenters. The zero-order chi connectivity index (χ0) is 17.9. The number of aromatic nitrogens is 2. The summed E-state index contributed by atoms with van der Waals surface area (Å²) in [5.41, 5.74) is -0.671. The van der Waals surface area contributed by atoms with E-state index in [9.17, 15) is 13.2 Å². The molecule has 1 aliphatic rings. The zero-order valence-corrected chi connectivity index (χ0v) is 13.3. The van der Waals surface area contributed by atoms with Gasteiger partial charge in [0.1, 0.15) is 0 Å². The van der Waals surface area contributed by atoms with Crippen LogP contribution < -0.4 is 10.2 Å². The summed E-state index contributed by atoms with van der Waals surface area (Å²) in [5, 5.41) is 12.0. The molecule has 25 heavy (non-hydrogen) atoms. The predicted octanol–water partition coefficient (Wildman–Crippen LogP) is 3.45. The van der Waals surface area contributed by atoms with Crippen LogP contribution in [0.3, 0.4) is 0 Å². The van der Waals surface area contributed by atoms with Crippen molar-refractivity contribution in [3.8, 4) is 6.07 Å². The van der Waals surface area contributed by atoms with E-state index in [0.29, 0.717) is 19.0 Å². The minimum absolute atomic E-state index is 0.000412. The molecule has 1 aromatic carbocycles. The number of anilines is 2. The summed E-state index contributed by atoms with van der Waals surface area (Å²) < 4.78 is 40.2. The highest BCUT2D eigenvalue weighted by Gasteiger charge is 2.36. The summed E-state index contributed by atoms with van der Waals surface area (Å²) in [6.07, 6.45) is 0.288. The van der Waals surface area contributed by atoms with E-state index in [2.05, 4.69) is 15.3 Å². The quantitative estimate of drug-likeness (QED) is 0.921. The van der Waals surface area contributed by atoms with Gasteiger partial charge in [-0.25, -0.2) is 9.97 Å². The van der Waals surface area contributed by atoms with Crippen LogP contribution in [0.5, 0.6) is 0 Å². The number of nitrogens with one attached hydrogen (secondary N) is 1. The van der Waals surface area contributed by atoms with Crippen molar-refractivity contribution >= 4 is 11.6 Å². The van der Waals surface area contributed by atoms with Crippen LogP contribution in [-0.2, 0) is 6.18 Å². The first-order chi connectivity index (χ1) is 12.0. The molecule has 1 aromatic heterocycles. The van der Waals surface area contributed by atoms with Crippen LogP contribution in [0.15, 0.2) is 36.7 Å². The fourth-order valence-electron chi connectivity index (χ4n) is 2.98. The molecular formula is C17H16F3N5. The van der Waals surface area contributed by atoms with E-state index < -0.39 is 11.7 Å². The first kappa shape index (κ1) is 17.0. The molecule has 1 saturated heterocycles. The van der Waals surface area contributed by atoms with Crippen LogP contribution in [0.1, 0.15) is 24.0 Å². The Morgan fingerprint density at radius 3 is 2.68 bits per heavy atom. The monoisotopic (exact) mass is 347 g/mol. The smallest absolute Gasteiger partial charge is 0.369 e. The molecule has 1 N–H and O–H groups in total. The SMILES string of the molecule is N#Cc1ccc(N2CCCC(Nc3ncccn3)C2)c(C(F)(F)F)c1. The summed E-state index contributed by atoms with van der Waals surface area (Å²) in [7, 11) is 0. The molecule has 3 rings (SSSR count). The molecule has 5 nitrogen and oxygen atoms in total. The van der Waals surface area contributed by atoms with Gasteiger partial charge in [-0.3, -0.25) is 0 Å². The molecule has 0 amide bonds. The summed E-state index contributed by atoms with van der Waals surface area (Å²) in [6.45, 7) is 0.941. The average Bonchev–Trinajstić information content (AvgIpc) is 2.61. The van der Waals surface area contributed by atoms with E-state index in [1.807, 2.05) is 0 Å². The highest BCUT2D eigenvalue weighted by Crippen LogP contribution is 2.38. The topological polar surface area (TPSA) is 64.8 Å². The van der Waals surface area contributed by atoms with Crippen LogP contribution in [0.25, 0.3) is 0 Å². The van der Waals surface area contributed by atoms with Crippen molar-refractivity contribution in [2.75, 3.05) is 23.3 Å². The summed E-state index contributed by atoms with van der Waals surface area (Å²) in [6, 6.07) is 7.12. The van der Waals surface area contributed by atoms with Gasteiger partial charge < -0.3 is 10.2 Å². The molecule has 130 valence electrons. The number of piperidine rings is 1. The zero-order valence-electron chi connectivity index (χ0n) is 13.3. The normalized spacial score (nSPS) is 17.8. The molecular weight excluding hydrogens is 331 g/mol. The Hall–Kier alpha value is -2.82. The average molecular weight is 347 g/mol. The summed E-state index contributed by atoms with van der Waals surface area (Å²) >= 11 is 0. The third-order valence-electron chi connectivity index (χ3n) is 4.09. The Labute approximate surface area is 143 Å². The molecule has 1 fully saturated rings. The predicted molar refractivity (Wildman–Crippen MR) is 87.0 cm³/mol. The van der Waals surface area contributed by atoms with E-state index >= 15 is 0 Å². The van der Waals surface area contributed by atoms with Crippen LogP contribution >= 0.6 is 0 Å². The van der Waals surface area contributed by atoms with E-state index in [1.54, 1.807) is 29.4 Å². The van der Waals surface area contributed by atoms with Crippen LogP contribution in [0, 0.1) is 11.3 Å². The molecule has 0 spiro atoms. The number of hydrogen-bond donors (Lipinski definition) is 1. The third kappa shape index (κ3) is 3.99. The van der Waals surface area contributed by atoms with Crippen molar-refractivity contribution in [2.45, 2.75) is 25.1 Å². The van der Waals surface area contributed by atoms with Gasteiger partial charge in [-0.15, -0.1) is 0 Å². The maximum Gasteiger partial charge on any atom is 0.418 e. The second kappa shape index (κ2) is 6.97. The Morgan fingerprint density at radius 2 is 2.00 bits per heavy atom. The minimum atomic E-state index is -4.51. The van der Waals surface area contributed by atoms with Crippen molar-refractivity contribution in [1.82, 2.24) is 9.97 Å². The molecule has 2 aromatic rings. The van der Waals surface area contributed by atoms with Gasteiger partial charge in [-0.05, 0) is 37.1 Å². The van der Waals surface area contributed by atoms with Gasteiger partial charge in [-0.1, -0.05) is 0 Å². The molecule has 1 aliphatic heterocycles. The number of nitrogens with zero attached hydrogens (tertiary/aromatic N) is 4. The Kier molecular flexibility index (Phi) is 4.74. The van der Waals surface area contributed by atoms with Gasteiger partial charge in [0, 0.05) is 37.2 Å². The van der Waals surface area contributed by atoms with Crippen molar-refractivity contribution < 1.29 is 13.2 Å². The third-order valence-corrected chi connectivity index (χ3v) is 4.09. The largest absolute Gasteiger partial charge is 0.418 e. The van der Waals surface area contributed by atoms with Gasteiger partial charge >= 0.3 is 6.18 Å². The van der Waals surface area contributed by atoms with Gasteiger partial charge in [0.2, 0.25) is 5.95 Å². The number of halogens is 3. The van der Waals surface area contributed by atoms with Crippen molar-refractivity contribution in [2.24, 2.45) is 0 Å². The molecule has 0 saturated carbocycles. The lowest BCUT2D eigenvalue weighted by atomic mass is 10.0. The van der Waals surface area contributed by atoms with E-state index in [-0.39, 0.29) is 17.3 Å². The number of rotatable bonds is 3. The maximum atomic E-state index is 13.4. The molecule has 0 aliphatic carbocycles. The first-order valence-corrected chi connectivity index (χ1v) is 7.87. The van der Waals surface area contributed by atoms with Crippen molar-refractivity contribution in [3.63, 3.8) is 0 Å². The number of nitriles is 1. The number of alkyl halides is 3. The van der Waals surface area contributed by atoms with Gasteiger partial charge in [0.25, 0.3) is 0 Å². The van der Waals surface area contributed by atoms with E-state index in [1.165, 1.54) is 12.1 Å². The molecule has 8 heteroatoms. The fourth-order valence-corrected chi connectivity index (χ4v) is 2.98. The Bertz CT molecular complexity index is 770. The van der Waals surface area contributed by atoms with E-state index in [0.717, 1.165) is 18.9 Å².